The average molecular weight is 333 g/mol. The van der Waals surface area contributed by atoms with Gasteiger partial charge >= 0.3 is 0 Å². The van der Waals surface area contributed by atoms with E-state index in [2.05, 4.69) is 10.0 Å². The minimum atomic E-state index is -3.56. The Morgan fingerprint density at radius 3 is 2.62 bits per heavy atom. The maximum absolute atomic E-state index is 12.5. The lowest BCUT2D eigenvalue weighted by Crippen LogP contribution is -2.47. The zero-order chi connectivity index (χ0) is 15.6. The van der Waals surface area contributed by atoms with E-state index in [4.69, 9.17) is 16.3 Å². The fourth-order valence-electron chi connectivity index (χ4n) is 2.50. The quantitative estimate of drug-likeness (QED) is 0.834. The van der Waals surface area contributed by atoms with Crippen molar-refractivity contribution in [3.05, 3.63) is 28.3 Å². The molecule has 1 aromatic rings. The van der Waals surface area contributed by atoms with Gasteiger partial charge < -0.3 is 10.1 Å². The Balaban J connectivity index is 2.23. The van der Waals surface area contributed by atoms with Crippen molar-refractivity contribution in [1.82, 2.24) is 10.0 Å². The highest BCUT2D eigenvalue weighted by Gasteiger charge is 2.33. The molecule has 0 radical (unpaired) electrons. The van der Waals surface area contributed by atoms with Crippen molar-refractivity contribution >= 4 is 21.6 Å². The van der Waals surface area contributed by atoms with Gasteiger partial charge in [-0.1, -0.05) is 11.6 Å². The molecule has 1 aliphatic carbocycles. The molecule has 2 N–H and O–H groups in total. The van der Waals surface area contributed by atoms with E-state index in [1.165, 1.54) is 6.07 Å². The first-order valence-corrected chi connectivity index (χ1v) is 8.72. The van der Waals surface area contributed by atoms with E-state index >= 15 is 0 Å². The molecule has 0 saturated heterocycles. The lowest BCUT2D eigenvalue weighted by atomic mass is 9.90. The minimum absolute atomic E-state index is 0.0638. The Labute approximate surface area is 131 Å². The molecule has 0 spiro atoms. The summed E-state index contributed by atoms with van der Waals surface area (Å²) < 4.78 is 32.9. The number of benzene rings is 1. The van der Waals surface area contributed by atoms with Crippen LogP contribution in [0.25, 0.3) is 0 Å². The number of rotatable bonds is 6. The molecule has 0 unspecified atom stereocenters. The highest BCUT2D eigenvalue weighted by molar-refractivity contribution is 7.89. The standard InChI is InChI=1S/C14H21ClN2O3S/c1-9-10(8-16-2)4-11(15)5-14(9)21(18,19)17-12-6-13(7-12)20-3/h4-5,12-13,16-17H,6-8H2,1-3H3. The van der Waals surface area contributed by atoms with Crippen LogP contribution in [0.2, 0.25) is 5.02 Å². The normalized spacial score (nSPS) is 22.1. The van der Waals surface area contributed by atoms with Crippen LogP contribution in [-0.2, 0) is 21.3 Å². The van der Waals surface area contributed by atoms with Crippen LogP contribution in [0, 0.1) is 6.92 Å². The van der Waals surface area contributed by atoms with Crippen LogP contribution in [0.1, 0.15) is 24.0 Å². The largest absolute Gasteiger partial charge is 0.381 e. The summed E-state index contributed by atoms with van der Waals surface area (Å²) >= 11 is 6.05. The molecule has 21 heavy (non-hydrogen) atoms. The zero-order valence-electron chi connectivity index (χ0n) is 12.4. The molecule has 7 heteroatoms. The Morgan fingerprint density at radius 1 is 1.38 bits per heavy atom. The van der Waals surface area contributed by atoms with Gasteiger partial charge in [-0.3, -0.25) is 0 Å². The summed E-state index contributed by atoms with van der Waals surface area (Å²) in [4.78, 5) is 0.251. The Morgan fingerprint density at radius 2 is 2.05 bits per heavy atom. The summed E-state index contributed by atoms with van der Waals surface area (Å²) in [5, 5.41) is 3.44. The van der Waals surface area contributed by atoms with Gasteiger partial charge in [0, 0.05) is 24.7 Å². The van der Waals surface area contributed by atoms with Gasteiger partial charge in [0.05, 0.1) is 11.0 Å². The minimum Gasteiger partial charge on any atom is -0.381 e. The number of hydrogen-bond acceptors (Lipinski definition) is 4. The molecule has 0 bridgehead atoms. The fourth-order valence-corrected chi connectivity index (χ4v) is 4.38. The number of halogens is 1. The first-order valence-electron chi connectivity index (χ1n) is 6.86. The predicted octanol–water partition coefficient (Wildman–Crippen LogP) is 1.82. The van der Waals surface area contributed by atoms with Crippen molar-refractivity contribution in [3.63, 3.8) is 0 Å². The smallest absolute Gasteiger partial charge is 0.241 e. The highest BCUT2D eigenvalue weighted by atomic mass is 35.5. The Bertz CT molecular complexity index is 613. The molecular formula is C14H21ClN2O3S. The van der Waals surface area contributed by atoms with Crippen LogP contribution in [0.3, 0.4) is 0 Å². The number of ether oxygens (including phenoxy) is 1. The lowest BCUT2D eigenvalue weighted by molar-refractivity contribution is 0.0236. The molecule has 1 saturated carbocycles. The van der Waals surface area contributed by atoms with Crippen molar-refractivity contribution in [2.24, 2.45) is 0 Å². The van der Waals surface area contributed by atoms with Crippen molar-refractivity contribution in [2.45, 2.75) is 43.4 Å². The van der Waals surface area contributed by atoms with Gasteiger partial charge in [0.15, 0.2) is 0 Å². The summed E-state index contributed by atoms with van der Waals surface area (Å²) in [7, 11) is -0.113. The molecule has 0 heterocycles. The van der Waals surface area contributed by atoms with Crippen molar-refractivity contribution in [2.75, 3.05) is 14.2 Å². The van der Waals surface area contributed by atoms with E-state index in [-0.39, 0.29) is 17.0 Å². The summed E-state index contributed by atoms with van der Waals surface area (Å²) in [6.45, 7) is 2.38. The van der Waals surface area contributed by atoms with Crippen molar-refractivity contribution in [3.8, 4) is 0 Å². The van der Waals surface area contributed by atoms with Gasteiger partial charge in [-0.05, 0) is 50.1 Å². The molecule has 0 aliphatic heterocycles. The summed E-state index contributed by atoms with van der Waals surface area (Å²) in [5.74, 6) is 0. The average Bonchev–Trinajstić information content (AvgIpc) is 2.37. The summed E-state index contributed by atoms with van der Waals surface area (Å²) in [6, 6.07) is 3.23. The van der Waals surface area contributed by atoms with Crippen LogP contribution < -0.4 is 10.0 Å². The van der Waals surface area contributed by atoms with Crippen molar-refractivity contribution in [1.29, 1.82) is 0 Å². The van der Waals surface area contributed by atoms with Crippen LogP contribution in [0.15, 0.2) is 17.0 Å². The molecule has 0 amide bonds. The summed E-state index contributed by atoms with van der Waals surface area (Å²) in [5.41, 5.74) is 1.61. The maximum atomic E-state index is 12.5. The second kappa shape index (κ2) is 6.62. The zero-order valence-corrected chi connectivity index (χ0v) is 14.0. The monoisotopic (exact) mass is 332 g/mol. The molecule has 2 rings (SSSR count). The van der Waals surface area contributed by atoms with Gasteiger partial charge in [-0.2, -0.15) is 0 Å². The Hall–Kier alpha value is -0.660. The third kappa shape index (κ3) is 3.76. The highest BCUT2D eigenvalue weighted by Crippen LogP contribution is 2.28. The topological polar surface area (TPSA) is 67.4 Å². The van der Waals surface area contributed by atoms with E-state index in [9.17, 15) is 8.42 Å². The van der Waals surface area contributed by atoms with E-state index < -0.39 is 10.0 Å². The van der Waals surface area contributed by atoms with Gasteiger partial charge in [0.2, 0.25) is 10.0 Å². The van der Waals surface area contributed by atoms with Crippen molar-refractivity contribution < 1.29 is 13.2 Å². The second-order valence-corrected chi connectivity index (χ2v) is 7.48. The van der Waals surface area contributed by atoms with Gasteiger partial charge in [-0.15, -0.1) is 0 Å². The molecule has 0 atom stereocenters. The number of methoxy groups -OCH3 is 1. The third-order valence-corrected chi connectivity index (χ3v) is 5.70. The van der Waals surface area contributed by atoms with Crippen LogP contribution in [-0.4, -0.2) is 34.7 Å². The third-order valence-electron chi connectivity index (χ3n) is 3.84. The van der Waals surface area contributed by atoms with Crippen LogP contribution >= 0.6 is 11.6 Å². The maximum Gasteiger partial charge on any atom is 0.241 e. The number of hydrogen-bond donors (Lipinski definition) is 2. The first kappa shape index (κ1) is 16.7. The van der Waals surface area contributed by atoms with E-state index in [0.717, 1.165) is 11.1 Å². The molecule has 1 aliphatic rings. The van der Waals surface area contributed by atoms with Crippen LogP contribution in [0.4, 0.5) is 0 Å². The van der Waals surface area contributed by atoms with Gasteiger partial charge in [0.1, 0.15) is 0 Å². The SMILES string of the molecule is CNCc1cc(Cl)cc(S(=O)(=O)NC2CC(OC)C2)c1C. The lowest BCUT2D eigenvalue weighted by Gasteiger charge is -2.34. The fraction of sp³-hybridized carbons (Fsp3) is 0.571. The molecule has 1 fully saturated rings. The number of sulfonamides is 1. The van der Waals surface area contributed by atoms with E-state index in [1.807, 2.05) is 7.05 Å². The molecule has 118 valence electrons. The molecule has 1 aromatic carbocycles. The van der Waals surface area contributed by atoms with Gasteiger partial charge in [0.25, 0.3) is 0 Å². The van der Waals surface area contributed by atoms with Crippen LogP contribution in [0.5, 0.6) is 0 Å². The Kier molecular flexibility index (Phi) is 5.27. The molecule has 5 nitrogen and oxygen atoms in total. The van der Waals surface area contributed by atoms with E-state index in [1.54, 1.807) is 20.1 Å². The molecule has 0 aromatic heterocycles. The van der Waals surface area contributed by atoms with E-state index in [0.29, 0.717) is 24.4 Å². The number of nitrogens with one attached hydrogen (secondary N) is 2. The first-order chi connectivity index (χ1) is 9.87. The molecular weight excluding hydrogens is 312 g/mol. The second-order valence-electron chi connectivity index (χ2n) is 5.37. The summed E-state index contributed by atoms with van der Waals surface area (Å²) in [6.07, 6.45) is 1.57. The predicted molar refractivity (Wildman–Crippen MR) is 83.1 cm³/mol. The van der Waals surface area contributed by atoms with Gasteiger partial charge in [-0.25, -0.2) is 13.1 Å².